The number of ether oxygens (including phenoxy) is 1. The minimum atomic E-state index is -0.0856. The van der Waals surface area contributed by atoms with Gasteiger partial charge in [0.25, 0.3) is 0 Å². The van der Waals surface area contributed by atoms with Crippen molar-refractivity contribution in [3.63, 3.8) is 0 Å². The van der Waals surface area contributed by atoms with E-state index in [1.165, 1.54) is 6.92 Å². The summed E-state index contributed by atoms with van der Waals surface area (Å²) in [6.45, 7) is 2.93. The molecule has 2 aromatic carbocycles. The van der Waals surface area contributed by atoms with Crippen molar-refractivity contribution in [1.82, 2.24) is 10.2 Å². The summed E-state index contributed by atoms with van der Waals surface area (Å²) in [4.78, 5) is 25.6. The standard InChI is InChI=1S/C21H25ClN2O3/c1-16(25)24(12-10-17-4-3-5-20(14-17)27-2)13-11-21(26)23-15-18-6-8-19(22)9-7-18/h3-9,14H,10-13,15H2,1-2H3,(H,23,26). The van der Waals surface area contributed by atoms with Crippen LogP contribution in [0.2, 0.25) is 5.02 Å². The van der Waals surface area contributed by atoms with E-state index < -0.39 is 0 Å². The maximum atomic E-state index is 12.1. The molecule has 0 saturated heterocycles. The molecule has 0 saturated carbocycles. The van der Waals surface area contributed by atoms with Gasteiger partial charge in [-0.2, -0.15) is 0 Å². The van der Waals surface area contributed by atoms with Gasteiger partial charge >= 0.3 is 0 Å². The topological polar surface area (TPSA) is 58.6 Å². The number of nitrogens with one attached hydrogen (secondary N) is 1. The van der Waals surface area contributed by atoms with Gasteiger partial charge in [-0.15, -0.1) is 0 Å². The quantitative estimate of drug-likeness (QED) is 0.715. The monoisotopic (exact) mass is 388 g/mol. The van der Waals surface area contributed by atoms with E-state index in [1.54, 1.807) is 24.1 Å². The molecule has 0 atom stereocenters. The third kappa shape index (κ3) is 7.31. The number of hydrogen-bond acceptors (Lipinski definition) is 3. The van der Waals surface area contributed by atoms with Crippen LogP contribution < -0.4 is 10.1 Å². The van der Waals surface area contributed by atoms with Crippen molar-refractivity contribution in [1.29, 1.82) is 0 Å². The van der Waals surface area contributed by atoms with Gasteiger partial charge in [0.1, 0.15) is 5.75 Å². The molecule has 0 fully saturated rings. The Bertz CT molecular complexity index is 762. The number of nitrogens with zero attached hydrogens (tertiary/aromatic N) is 1. The number of rotatable bonds is 9. The third-order valence-corrected chi connectivity index (χ3v) is 4.51. The number of halogens is 1. The van der Waals surface area contributed by atoms with Gasteiger partial charge in [0.05, 0.1) is 7.11 Å². The van der Waals surface area contributed by atoms with Crippen LogP contribution in [0.4, 0.5) is 0 Å². The van der Waals surface area contributed by atoms with Crippen molar-refractivity contribution in [3.8, 4) is 5.75 Å². The van der Waals surface area contributed by atoms with Crippen molar-refractivity contribution >= 4 is 23.4 Å². The highest BCUT2D eigenvalue weighted by molar-refractivity contribution is 6.30. The van der Waals surface area contributed by atoms with E-state index in [0.717, 1.165) is 16.9 Å². The molecule has 6 heteroatoms. The van der Waals surface area contributed by atoms with Gasteiger partial charge in [-0.1, -0.05) is 35.9 Å². The summed E-state index contributed by atoms with van der Waals surface area (Å²) in [5.41, 5.74) is 2.07. The maximum absolute atomic E-state index is 12.1. The van der Waals surface area contributed by atoms with Crippen LogP contribution in [0.3, 0.4) is 0 Å². The van der Waals surface area contributed by atoms with Crippen LogP contribution in [0, 0.1) is 0 Å². The lowest BCUT2D eigenvalue weighted by molar-refractivity contribution is -0.129. The zero-order chi connectivity index (χ0) is 19.6. The molecule has 2 amide bonds. The summed E-state index contributed by atoms with van der Waals surface area (Å²) in [6, 6.07) is 15.1. The molecule has 0 aliphatic rings. The molecular weight excluding hydrogens is 364 g/mol. The predicted octanol–water partition coefficient (Wildman–Crippen LogP) is 3.45. The fourth-order valence-corrected chi connectivity index (χ4v) is 2.77. The van der Waals surface area contributed by atoms with E-state index in [1.807, 2.05) is 36.4 Å². The average Bonchev–Trinajstić information content (AvgIpc) is 2.67. The summed E-state index contributed by atoms with van der Waals surface area (Å²) in [6.07, 6.45) is 0.981. The highest BCUT2D eigenvalue weighted by Gasteiger charge is 2.11. The van der Waals surface area contributed by atoms with Crippen LogP contribution in [0.1, 0.15) is 24.5 Å². The summed E-state index contributed by atoms with van der Waals surface area (Å²) >= 11 is 5.85. The van der Waals surface area contributed by atoms with Gasteiger partial charge in [0.2, 0.25) is 11.8 Å². The summed E-state index contributed by atoms with van der Waals surface area (Å²) < 4.78 is 5.22. The highest BCUT2D eigenvalue weighted by Crippen LogP contribution is 2.13. The Hall–Kier alpha value is -2.53. The van der Waals surface area contributed by atoms with Crippen LogP contribution in [0.25, 0.3) is 0 Å². The molecule has 2 rings (SSSR count). The molecule has 0 aliphatic heterocycles. The number of carbonyl (C=O) groups is 2. The van der Waals surface area contributed by atoms with Crippen molar-refractivity contribution < 1.29 is 14.3 Å². The number of carbonyl (C=O) groups excluding carboxylic acids is 2. The first-order valence-electron chi connectivity index (χ1n) is 8.87. The van der Waals surface area contributed by atoms with Crippen LogP contribution >= 0.6 is 11.6 Å². The molecule has 5 nitrogen and oxygen atoms in total. The molecule has 0 aliphatic carbocycles. The summed E-state index contributed by atoms with van der Waals surface area (Å²) in [7, 11) is 1.63. The summed E-state index contributed by atoms with van der Waals surface area (Å²) in [5, 5.41) is 3.53. The first-order chi connectivity index (χ1) is 13.0. The molecule has 27 heavy (non-hydrogen) atoms. The van der Waals surface area contributed by atoms with Crippen LogP contribution in [0.5, 0.6) is 5.75 Å². The van der Waals surface area contributed by atoms with Crippen molar-refractivity contribution in [2.24, 2.45) is 0 Å². The Morgan fingerprint density at radius 2 is 1.81 bits per heavy atom. The number of amides is 2. The van der Waals surface area contributed by atoms with E-state index in [9.17, 15) is 9.59 Å². The fraction of sp³-hybridized carbons (Fsp3) is 0.333. The van der Waals surface area contributed by atoms with Crippen LogP contribution in [0.15, 0.2) is 48.5 Å². The molecule has 0 unspecified atom stereocenters. The number of benzene rings is 2. The van der Waals surface area contributed by atoms with Crippen LogP contribution in [-0.4, -0.2) is 36.9 Å². The predicted molar refractivity (Wildman–Crippen MR) is 107 cm³/mol. The van der Waals surface area contributed by atoms with E-state index in [2.05, 4.69) is 5.32 Å². The van der Waals surface area contributed by atoms with Gasteiger partial charge in [0.15, 0.2) is 0 Å². The molecule has 0 heterocycles. The SMILES string of the molecule is COc1cccc(CCN(CCC(=O)NCc2ccc(Cl)cc2)C(C)=O)c1. The first kappa shape index (κ1) is 20.8. The van der Waals surface area contributed by atoms with Crippen LogP contribution in [-0.2, 0) is 22.6 Å². The van der Waals surface area contributed by atoms with Gasteiger partial charge in [-0.3, -0.25) is 9.59 Å². The second-order valence-corrected chi connectivity index (χ2v) is 6.70. The van der Waals surface area contributed by atoms with E-state index >= 15 is 0 Å². The normalized spacial score (nSPS) is 10.3. The second kappa shape index (κ2) is 10.6. The zero-order valence-corrected chi connectivity index (χ0v) is 16.5. The lowest BCUT2D eigenvalue weighted by Gasteiger charge is -2.21. The van der Waals surface area contributed by atoms with Crippen molar-refractivity contribution in [2.45, 2.75) is 26.3 Å². The van der Waals surface area contributed by atoms with Gasteiger partial charge in [0, 0.05) is 38.0 Å². The lowest BCUT2D eigenvalue weighted by Crippen LogP contribution is -2.35. The van der Waals surface area contributed by atoms with E-state index in [4.69, 9.17) is 16.3 Å². The second-order valence-electron chi connectivity index (χ2n) is 6.26. The number of methoxy groups -OCH3 is 1. The number of hydrogen-bond donors (Lipinski definition) is 1. The van der Waals surface area contributed by atoms with E-state index in [-0.39, 0.29) is 18.2 Å². The minimum absolute atomic E-state index is 0.0385. The molecule has 0 bridgehead atoms. The summed E-state index contributed by atoms with van der Waals surface area (Å²) in [5.74, 6) is 0.671. The third-order valence-electron chi connectivity index (χ3n) is 4.26. The Morgan fingerprint density at radius 1 is 1.07 bits per heavy atom. The van der Waals surface area contributed by atoms with Gasteiger partial charge in [-0.05, 0) is 41.8 Å². The molecule has 0 spiro atoms. The molecule has 2 aromatic rings. The largest absolute Gasteiger partial charge is 0.497 e. The smallest absolute Gasteiger partial charge is 0.222 e. The Labute approximate surface area is 165 Å². The molecule has 0 radical (unpaired) electrons. The highest BCUT2D eigenvalue weighted by atomic mass is 35.5. The average molecular weight is 389 g/mol. The molecule has 1 N–H and O–H groups in total. The van der Waals surface area contributed by atoms with Gasteiger partial charge < -0.3 is 15.0 Å². The fourth-order valence-electron chi connectivity index (χ4n) is 2.65. The Kier molecular flexibility index (Phi) is 8.14. The lowest BCUT2D eigenvalue weighted by atomic mass is 10.1. The minimum Gasteiger partial charge on any atom is -0.497 e. The van der Waals surface area contributed by atoms with Gasteiger partial charge in [-0.25, -0.2) is 0 Å². The van der Waals surface area contributed by atoms with Crippen molar-refractivity contribution in [2.75, 3.05) is 20.2 Å². The zero-order valence-electron chi connectivity index (χ0n) is 15.7. The molecule has 0 aromatic heterocycles. The Balaban J connectivity index is 1.78. The van der Waals surface area contributed by atoms with Crippen molar-refractivity contribution in [3.05, 3.63) is 64.7 Å². The Morgan fingerprint density at radius 3 is 2.48 bits per heavy atom. The molecule has 144 valence electrons. The molecular formula is C21H25ClN2O3. The first-order valence-corrected chi connectivity index (χ1v) is 9.25. The maximum Gasteiger partial charge on any atom is 0.222 e. The van der Waals surface area contributed by atoms with E-state index in [0.29, 0.717) is 31.1 Å².